The molecule has 1 aromatic heterocycles. The van der Waals surface area contributed by atoms with Crippen molar-refractivity contribution in [2.75, 3.05) is 0 Å². The summed E-state index contributed by atoms with van der Waals surface area (Å²) >= 11 is 3.31. The van der Waals surface area contributed by atoms with E-state index in [-0.39, 0.29) is 5.75 Å². The first-order valence-corrected chi connectivity index (χ1v) is 5.90. The van der Waals surface area contributed by atoms with Crippen molar-refractivity contribution in [3.63, 3.8) is 0 Å². The molecule has 0 saturated heterocycles. The Bertz CT molecular complexity index is 550. The van der Waals surface area contributed by atoms with E-state index in [1.54, 1.807) is 24.5 Å². The molecule has 17 heavy (non-hydrogen) atoms. The molecule has 0 spiro atoms. The summed E-state index contributed by atoms with van der Waals surface area (Å²) in [5.41, 5.74) is 1.77. The van der Waals surface area contributed by atoms with Gasteiger partial charge in [0.2, 0.25) is 0 Å². The zero-order valence-electron chi connectivity index (χ0n) is 9.26. The quantitative estimate of drug-likeness (QED) is 0.859. The normalized spacial score (nSPS) is 10.9. The molecule has 0 aliphatic rings. The van der Waals surface area contributed by atoms with Gasteiger partial charge in [0.1, 0.15) is 5.75 Å². The summed E-state index contributed by atoms with van der Waals surface area (Å²) in [5, 5.41) is 9.64. The number of phenols is 1. The van der Waals surface area contributed by atoms with Crippen molar-refractivity contribution in [1.82, 2.24) is 4.98 Å². The number of benzene rings is 1. The summed E-state index contributed by atoms with van der Waals surface area (Å²) in [6.45, 7) is 1.97. The minimum absolute atomic E-state index is 0.219. The zero-order chi connectivity index (χ0) is 12.3. The molecular weight excluding hydrogens is 280 g/mol. The van der Waals surface area contributed by atoms with Crippen LogP contribution in [0.2, 0.25) is 0 Å². The van der Waals surface area contributed by atoms with Crippen LogP contribution in [0.15, 0.2) is 46.0 Å². The first kappa shape index (κ1) is 11.8. The topological polar surface area (TPSA) is 45.5 Å². The number of phenolic OH excluding ortho intramolecular Hbond substituents is 1. The van der Waals surface area contributed by atoms with Crippen LogP contribution in [-0.2, 0) is 0 Å². The van der Waals surface area contributed by atoms with Crippen LogP contribution >= 0.6 is 15.9 Å². The average molecular weight is 291 g/mol. The molecule has 0 radical (unpaired) electrons. The average Bonchev–Trinajstić information content (AvgIpc) is 2.32. The number of aromatic hydroxyl groups is 1. The van der Waals surface area contributed by atoms with Crippen LogP contribution < -0.4 is 0 Å². The molecular formula is C13H11BrN2O. The molecule has 2 rings (SSSR count). The fourth-order valence-corrected chi connectivity index (χ4v) is 1.59. The predicted octanol–water partition coefficient (Wildman–Crippen LogP) is 3.61. The molecule has 0 bridgehead atoms. The molecule has 0 fully saturated rings. The summed E-state index contributed by atoms with van der Waals surface area (Å²) < 4.78 is 0.912. The van der Waals surface area contributed by atoms with Gasteiger partial charge in [-0.25, -0.2) is 9.98 Å². The second-order valence-corrected chi connectivity index (χ2v) is 4.57. The zero-order valence-corrected chi connectivity index (χ0v) is 10.8. The van der Waals surface area contributed by atoms with E-state index in [2.05, 4.69) is 25.9 Å². The van der Waals surface area contributed by atoms with Crippen LogP contribution in [0, 0.1) is 6.92 Å². The smallest absolute Gasteiger partial charge is 0.151 e. The lowest BCUT2D eigenvalue weighted by Crippen LogP contribution is -1.84. The summed E-state index contributed by atoms with van der Waals surface area (Å²) in [7, 11) is 0. The van der Waals surface area contributed by atoms with Crippen molar-refractivity contribution >= 4 is 28.0 Å². The van der Waals surface area contributed by atoms with E-state index in [0.717, 1.165) is 10.0 Å². The van der Waals surface area contributed by atoms with Crippen molar-refractivity contribution in [1.29, 1.82) is 0 Å². The highest BCUT2D eigenvalue weighted by Crippen LogP contribution is 2.18. The number of hydrogen-bond donors (Lipinski definition) is 1. The number of halogens is 1. The van der Waals surface area contributed by atoms with E-state index < -0.39 is 0 Å². The summed E-state index contributed by atoms with van der Waals surface area (Å²) in [6, 6.07) is 9.05. The Balaban J connectivity index is 2.25. The molecule has 0 aliphatic heterocycles. The van der Waals surface area contributed by atoms with E-state index in [1.165, 1.54) is 0 Å². The predicted molar refractivity (Wildman–Crippen MR) is 72.0 cm³/mol. The van der Waals surface area contributed by atoms with Gasteiger partial charge in [-0.2, -0.15) is 0 Å². The van der Waals surface area contributed by atoms with E-state index >= 15 is 0 Å². The SMILES string of the molecule is Cc1ccc(O)c(C=Nc2ccc(Br)cn2)c1. The molecule has 3 nitrogen and oxygen atoms in total. The van der Waals surface area contributed by atoms with Crippen molar-refractivity contribution in [3.8, 4) is 5.75 Å². The van der Waals surface area contributed by atoms with E-state index in [0.29, 0.717) is 11.4 Å². The van der Waals surface area contributed by atoms with Gasteiger partial charge in [0.25, 0.3) is 0 Å². The van der Waals surface area contributed by atoms with E-state index in [1.807, 2.05) is 25.1 Å². The van der Waals surface area contributed by atoms with Gasteiger partial charge in [-0.3, -0.25) is 0 Å². The minimum Gasteiger partial charge on any atom is -0.507 e. The maximum Gasteiger partial charge on any atom is 0.151 e. The Morgan fingerprint density at radius 3 is 2.82 bits per heavy atom. The molecule has 0 aliphatic carbocycles. The summed E-state index contributed by atoms with van der Waals surface area (Å²) in [5.74, 6) is 0.825. The van der Waals surface area contributed by atoms with Crippen LogP contribution in [0.5, 0.6) is 5.75 Å². The lowest BCUT2D eigenvalue weighted by atomic mass is 10.1. The fraction of sp³-hybridized carbons (Fsp3) is 0.0769. The number of nitrogens with zero attached hydrogens (tertiary/aromatic N) is 2. The maximum absolute atomic E-state index is 9.64. The highest BCUT2D eigenvalue weighted by Gasteiger charge is 1.98. The number of pyridine rings is 1. The first-order valence-electron chi connectivity index (χ1n) is 5.10. The third kappa shape index (κ3) is 3.14. The van der Waals surface area contributed by atoms with E-state index in [9.17, 15) is 5.11 Å². The Morgan fingerprint density at radius 2 is 2.12 bits per heavy atom. The van der Waals surface area contributed by atoms with Gasteiger partial charge >= 0.3 is 0 Å². The molecule has 4 heteroatoms. The molecule has 0 atom stereocenters. The van der Waals surface area contributed by atoms with Gasteiger partial charge in [-0.05, 0) is 47.1 Å². The second-order valence-electron chi connectivity index (χ2n) is 3.66. The molecule has 1 heterocycles. The third-order valence-electron chi connectivity index (χ3n) is 2.23. The standard InChI is InChI=1S/C13H11BrN2O/c1-9-2-4-12(17)10(6-9)7-15-13-5-3-11(14)8-16-13/h2-8,17H,1H3. The van der Waals surface area contributed by atoms with E-state index in [4.69, 9.17) is 0 Å². The molecule has 86 valence electrons. The first-order chi connectivity index (χ1) is 8.15. The van der Waals surface area contributed by atoms with Gasteiger partial charge in [0.05, 0.1) is 0 Å². The van der Waals surface area contributed by atoms with Gasteiger partial charge in [-0.1, -0.05) is 11.6 Å². The molecule has 0 amide bonds. The van der Waals surface area contributed by atoms with Crippen LogP contribution in [-0.4, -0.2) is 16.3 Å². The maximum atomic E-state index is 9.64. The van der Waals surface area contributed by atoms with Crippen molar-refractivity contribution in [3.05, 3.63) is 52.1 Å². The van der Waals surface area contributed by atoms with Crippen LogP contribution in [0.4, 0.5) is 5.82 Å². The van der Waals surface area contributed by atoms with Gasteiger partial charge in [-0.15, -0.1) is 0 Å². The summed E-state index contributed by atoms with van der Waals surface area (Å²) in [6.07, 6.45) is 3.29. The number of rotatable bonds is 2. The Labute approximate surface area is 108 Å². The highest BCUT2D eigenvalue weighted by molar-refractivity contribution is 9.10. The van der Waals surface area contributed by atoms with Crippen molar-refractivity contribution in [2.24, 2.45) is 4.99 Å². The fourth-order valence-electron chi connectivity index (χ4n) is 1.36. The number of aryl methyl sites for hydroxylation is 1. The molecule has 0 unspecified atom stereocenters. The number of hydrogen-bond acceptors (Lipinski definition) is 3. The van der Waals surface area contributed by atoms with Gasteiger partial charge in [0.15, 0.2) is 5.82 Å². The Kier molecular flexibility index (Phi) is 3.54. The van der Waals surface area contributed by atoms with Gasteiger partial charge in [0, 0.05) is 22.4 Å². The highest BCUT2D eigenvalue weighted by atomic mass is 79.9. The van der Waals surface area contributed by atoms with Crippen molar-refractivity contribution < 1.29 is 5.11 Å². The number of aliphatic imine (C=N–C) groups is 1. The Hall–Kier alpha value is -1.68. The van der Waals surface area contributed by atoms with Crippen LogP contribution in [0.25, 0.3) is 0 Å². The molecule has 1 N–H and O–H groups in total. The van der Waals surface area contributed by atoms with Crippen LogP contribution in [0.3, 0.4) is 0 Å². The number of aromatic nitrogens is 1. The molecule has 1 aromatic carbocycles. The lowest BCUT2D eigenvalue weighted by molar-refractivity contribution is 0.474. The summed E-state index contributed by atoms with van der Waals surface area (Å²) in [4.78, 5) is 8.32. The largest absolute Gasteiger partial charge is 0.507 e. The minimum atomic E-state index is 0.219. The van der Waals surface area contributed by atoms with Crippen LogP contribution in [0.1, 0.15) is 11.1 Å². The molecule has 0 saturated carbocycles. The second kappa shape index (κ2) is 5.10. The molecule has 2 aromatic rings. The third-order valence-corrected chi connectivity index (χ3v) is 2.70. The Morgan fingerprint density at radius 1 is 1.29 bits per heavy atom. The lowest BCUT2D eigenvalue weighted by Gasteiger charge is -1.99. The monoisotopic (exact) mass is 290 g/mol. The van der Waals surface area contributed by atoms with Crippen molar-refractivity contribution in [2.45, 2.75) is 6.92 Å². The van der Waals surface area contributed by atoms with Gasteiger partial charge < -0.3 is 5.11 Å².